The second-order valence-electron chi connectivity index (χ2n) is 7.07. The smallest absolute Gasteiger partial charge is 0.175 e. The first-order chi connectivity index (χ1) is 13.0. The molecule has 1 fully saturated rings. The molecule has 0 unspecified atom stereocenters. The molecule has 138 valence electrons. The molecule has 3 aromatic rings. The standard InChI is InChI=1S/C22H22N2O2S/c1-27(25,26)22-11-9-21(10-12-22)24(20-7-8-20)16-17-4-2-5-18(14-17)19-6-3-13-23-15-19/h2-6,9-15,20H,7-8,16H2,1H3. The summed E-state index contributed by atoms with van der Waals surface area (Å²) >= 11 is 0. The van der Waals surface area contributed by atoms with Gasteiger partial charge in [0.05, 0.1) is 4.90 Å². The average molecular weight is 378 g/mol. The SMILES string of the molecule is CS(=O)(=O)c1ccc(N(Cc2cccc(-c3cccnc3)c2)C2CC2)cc1. The Morgan fingerprint density at radius 3 is 2.37 bits per heavy atom. The third kappa shape index (κ3) is 4.19. The highest BCUT2D eigenvalue weighted by Crippen LogP contribution is 2.34. The number of hydrogen-bond acceptors (Lipinski definition) is 4. The summed E-state index contributed by atoms with van der Waals surface area (Å²) in [5.74, 6) is 0. The minimum atomic E-state index is -3.17. The number of benzene rings is 2. The molecule has 1 aliphatic rings. The lowest BCUT2D eigenvalue weighted by Crippen LogP contribution is -2.25. The maximum Gasteiger partial charge on any atom is 0.175 e. The molecule has 0 radical (unpaired) electrons. The van der Waals surface area contributed by atoms with E-state index >= 15 is 0 Å². The Labute approximate surface area is 160 Å². The topological polar surface area (TPSA) is 50.3 Å². The molecule has 2 aromatic carbocycles. The second-order valence-corrected chi connectivity index (χ2v) is 9.08. The van der Waals surface area contributed by atoms with Gasteiger partial charge in [0.15, 0.2) is 9.84 Å². The molecular weight excluding hydrogens is 356 g/mol. The quantitative estimate of drug-likeness (QED) is 0.641. The van der Waals surface area contributed by atoms with Crippen molar-refractivity contribution in [1.82, 2.24) is 4.98 Å². The molecule has 1 saturated carbocycles. The fourth-order valence-electron chi connectivity index (χ4n) is 3.28. The van der Waals surface area contributed by atoms with Crippen molar-refractivity contribution in [2.75, 3.05) is 11.2 Å². The van der Waals surface area contributed by atoms with Gasteiger partial charge in [-0.3, -0.25) is 4.98 Å². The predicted molar refractivity (Wildman–Crippen MR) is 108 cm³/mol. The average Bonchev–Trinajstić information content (AvgIpc) is 3.52. The number of rotatable bonds is 6. The van der Waals surface area contributed by atoms with E-state index in [0.717, 1.165) is 23.4 Å². The highest BCUT2D eigenvalue weighted by atomic mass is 32.2. The lowest BCUT2D eigenvalue weighted by Gasteiger charge is -2.25. The van der Waals surface area contributed by atoms with E-state index in [1.54, 1.807) is 18.3 Å². The lowest BCUT2D eigenvalue weighted by molar-refractivity contribution is 0.602. The molecule has 0 atom stereocenters. The van der Waals surface area contributed by atoms with Crippen molar-refractivity contribution in [3.8, 4) is 11.1 Å². The monoisotopic (exact) mass is 378 g/mol. The van der Waals surface area contributed by atoms with Crippen molar-refractivity contribution < 1.29 is 8.42 Å². The first-order valence-corrected chi connectivity index (χ1v) is 11.0. The van der Waals surface area contributed by atoms with Crippen LogP contribution in [0.5, 0.6) is 0 Å². The molecule has 1 heterocycles. The van der Waals surface area contributed by atoms with Crippen LogP contribution in [0.1, 0.15) is 18.4 Å². The zero-order valence-electron chi connectivity index (χ0n) is 15.2. The highest BCUT2D eigenvalue weighted by molar-refractivity contribution is 7.90. The van der Waals surface area contributed by atoms with Gasteiger partial charge in [0.2, 0.25) is 0 Å². The largest absolute Gasteiger partial charge is 0.364 e. The fraction of sp³-hybridized carbons (Fsp3) is 0.227. The van der Waals surface area contributed by atoms with Crippen molar-refractivity contribution in [2.45, 2.75) is 30.3 Å². The van der Waals surface area contributed by atoms with Gasteiger partial charge in [0.25, 0.3) is 0 Å². The summed E-state index contributed by atoms with van der Waals surface area (Å²) in [6.07, 6.45) is 7.25. The Morgan fingerprint density at radius 2 is 1.74 bits per heavy atom. The van der Waals surface area contributed by atoms with Gasteiger partial charge in [-0.25, -0.2) is 8.42 Å². The maximum absolute atomic E-state index is 11.7. The molecule has 0 saturated heterocycles. The Balaban J connectivity index is 1.60. The molecule has 1 aliphatic carbocycles. The summed E-state index contributed by atoms with van der Waals surface area (Å²) in [4.78, 5) is 6.94. The first-order valence-electron chi connectivity index (χ1n) is 9.07. The fourth-order valence-corrected chi connectivity index (χ4v) is 3.91. The molecule has 5 heteroatoms. The van der Waals surface area contributed by atoms with Crippen molar-refractivity contribution in [3.63, 3.8) is 0 Å². The number of pyridine rings is 1. The predicted octanol–water partition coefficient (Wildman–Crippen LogP) is 4.32. The van der Waals surface area contributed by atoms with Crippen LogP contribution in [0.15, 0.2) is 78.0 Å². The minimum Gasteiger partial charge on any atom is -0.364 e. The minimum absolute atomic E-state index is 0.362. The van der Waals surface area contributed by atoms with E-state index in [1.165, 1.54) is 24.7 Å². The molecule has 4 rings (SSSR count). The molecule has 0 spiro atoms. The molecule has 27 heavy (non-hydrogen) atoms. The zero-order valence-corrected chi connectivity index (χ0v) is 16.1. The van der Waals surface area contributed by atoms with Crippen LogP contribution in [0.25, 0.3) is 11.1 Å². The van der Waals surface area contributed by atoms with E-state index in [-0.39, 0.29) is 0 Å². The lowest BCUT2D eigenvalue weighted by atomic mass is 10.0. The number of hydrogen-bond donors (Lipinski definition) is 0. The Hall–Kier alpha value is -2.66. The van der Waals surface area contributed by atoms with Gasteiger partial charge < -0.3 is 4.90 Å². The van der Waals surface area contributed by atoms with Crippen LogP contribution in [0, 0.1) is 0 Å². The van der Waals surface area contributed by atoms with Crippen LogP contribution in [0.2, 0.25) is 0 Å². The maximum atomic E-state index is 11.7. The second kappa shape index (κ2) is 7.16. The zero-order chi connectivity index (χ0) is 18.9. The van der Waals surface area contributed by atoms with Crippen molar-refractivity contribution >= 4 is 15.5 Å². The van der Waals surface area contributed by atoms with E-state index in [1.807, 2.05) is 24.4 Å². The van der Waals surface area contributed by atoms with Crippen LogP contribution in [0.3, 0.4) is 0 Å². The summed E-state index contributed by atoms with van der Waals surface area (Å²) < 4.78 is 23.4. The van der Waals surface area contributed by atoms with Crippen molar-refractivity contribution in [3.05, 3.63) is 78.6 Å². The van der Waals surface area contributed by atoms with Crippen LogP contribution in [0.4, 0.5) is 5.69 Å². The molecule has 0 amide bonds. The molecule has 4 nitrogen and oxygen atoms in total. The van der Waals surface area contributed by atoms with Gasteiger partial charge in [-0.05, 0) is 65.9 Å². The third-order valence-electron chi connectivity index (χ3n) is 4.86. The molecule has 0 N–H and O–H groups in total. The number of sulfone groups is 1. The van der Waals surface area contributed by atoms with Crippen LogP contribution in [-0.4, -0.2) is 25.7 Å². The third-order valence-corrected chi connectivity index (χ3v) is 5.99. The van der Waals surface area contributed by atoms with Crippen molar-refractivity contribution in [2.24, 2.45) is 0 Å². The van der Waals surface area contributed by atoms with E-state index in [9.17, 15) is 8.42 Å². The number of anilines is 1. The van der Waals surface area contributed by atoms with Crippen molar-refractivity contribution in [1.29, 1.82) is 0 Å². The van der Waals surface area contributed by atoms with E-state index in [2.05, 4.69) is 40.2 Å². The number of aromatic nitrogens is 1. The van der Waals surface area contributed by atoms with E-state index in [0.29, 0.717) is 10.9 Å². The van der Waals surface area contributed by atoms with Crippen LogP contribution < -0.4 is 4.90 Å². The Morgan fingerprint density at radius 1 is 1.00 bits per heavy atom. The molecular formula is C22H22N2O2S. The Kier molecular flexibility index (Phi) is 4.70. The molecule has 0 aliphatic heterocycles. The van der Waals surface area contributed by atoms with Gasteiger partial charge in [-0.1, -0.05) is 24.3 Å². The summed E-state index contributed by atoms with van der Waals surface area (Å²) in [5, 5.41) is 0. The first kappa shape index (κ1) is 17.7. The normalized spacial score (nSPS) is 14.1. The summed E-state index contributed by atoms with van der Waals surface area (Å²) in [6.45, 7) is 0.803. The van der Waals surface area contributed by atoms with Gasteiger partial charge in [0.1, 0.15) is 0 Å². The molecule has 0 bridgehead atoms. The van der Waals surface area contributed by atoms with Crippen LogP contribution in [-0.2, 0) is 16.4 Å². The summed E-state index contributed by atoms with van der Waals surface area (Å²) in [5.41, 5.74) is 4.56. The van der Waals surface area contributed by atoms with Gasteiger partial charge >= 0.3 is 0 Å². The molecule has 1 aromatic heterocycles. The highest BCUT2D eigenvalue weighted by Gasteiger charge is 2.29. The van der Waals surface area contributed by atoms with Crippen LogP contribution >= 0.6 is 0 Å². The van der Waals surface area contributed by atoms with Gasteiger partial charge in [0, 0.05) is 36.9 Å². The number of nitrogens with zero attached hydrogens (tertiary/aromatic N) is 2. The van der Waals surface area contributed by atoms with E-state index in [4.69, 9.17) is 0 Å². The Bertz CT molecular complexity index is 1030. The summed E-state index contributed by atoms with van der Waals surface area (Å²) in [7, 11) is -3.17. The van der Waals surface area contributed by atoms with Gasteiger partial charge in [-0.15, -0.1) is 0 Å². The summed E-state index contributed by atoms with van der Waals surface area (Å²) in [6, 6.07) is 20.3. The van der Waals surface area contributed by atoms with Gasteiger partial charge in [-0.2, -0.15) is 0 Å². The van der Waals surface area contributed by atoms with E-state index < -0.39 is 9.84 Å².